The number of nitrogens with one attached hydrogen (secondary N) is 1. The van der Waals surface area contributed by atoms with Gasteiger partial charge in [0, 0.05) is 5.56 Å². The van der Waals surface area contributed by atoms with Crippen LogP contribution in [0.2, 0.25) is 0 Å². The lowest BCUT2D eigenvalue weighted by atomic mass is 10.1. The van der Waals surface area contributed by atoms with Crippen LogP contribution in [0.25, 0.3) is 11.3 Å². The molecule has 0 radical (unpaired) electrons. The molecule has 76 valence electrons. The molecule has 0 spiro atoms. The maximum atomic E-state index is 13.5. The van der Waals surface area contributed by atoms with Gasteiger partial charge in [-0.2, -0.15) is 5.10 Å². The zero-order valence-electron chi connectivity index (χ0n) is 8.12. The van der Waals surface area contributed by atoms with E-state index < -0.39 is 0 Å². The molecule has 0 saturated carbocycles. The highest BCUT2D eigenvalue weighted by molar-refractivity contribution is 7.71. The normalized spacial score (nSPS) is 10.3. The molecule has 0 aliphatic rings. The van der Waals surface area contributed by atoms with Crippen LogP contribution in [0.3, 0.4) is 0 Å². The zero-order chi connectivity index (χ0) is 10.8. The number of halogens is 1. The largest absolute Gasteiger partial charge is 0.267 e. The molecule has 1 aromatic carbocycles. The summed E-state index contributed by atoms with van der Waals surface area (Å²) in [5.41, 5.74) is 2.04. The molecule has 0 aliphatic carbocycles. The van der Waals surface area contributed by atoms with E-state index in [1.807, 2.05) is 6.92 Å². The molecule has 0 unspecified atom stereocenters. The second-order valence-electron chi connectivity index (χ2n) is 3.29. The quantitative estimate of drug-likeness (QED) is 0.747. The zero-order valence-corrected chi connectivity index (χ0v) is 8.94. The van der Waals surface area contributed by atoms with E-state index in [0.717, 1.165) is 5.56 Å². The Labute approximate surface area is 91.8 Å². The van der Waals surface area contributed by atoms with E-state index in [1.54, 1.807) is 24.3 Å². The van der Waals surface area contributed by atoms with Gasteiger partial charge < -0.3 is 0 Å². The number of hydrogen-bond acceptors (Lipinski definition) is 2. The molecule has 1 N–H and O–H groups in total. The maximum Gasteiger partial charge on any atom is 0.132 e. The summed E-state index contributed by atoms with van der Waals surface area (Å²) in [4.78, 5) is 0. The minimum atomic E-state index is -0.279. The Hall–Kier alpha value is -1.55. The van der Waals surface area contributed by atoms with Crippen LogP contribution >= 0.6 is 12.2 Å². The van der Waals surface area contributed by atoms with Crippen LogP contribution in [-0.4, -0.2) is 10.2 Å². The Morgan fingerprint density at radius 2 is 2.07 bits per heavy atom. The van der Waals surface area contributed by atoms with Gasteiger partial charge in [-0.3, -0.25) is 5.10 Å². The van der Waals surface area contributed by atoms with Crippen molar-refractivity contribution in [3.63, 3.8) is 0 Å². The van der Waals surface area contributed by atoms with E-state index in [2.05, 4.69) is 10.2 Å². The number of aryl methyl sites for hydroxylation is 1. The summed E-state index contributed by atoms with van der Waals surface area (Å²) in [6.45, 7) is 1.91. The van der Waals surface area contributed by atoms with E-state index in [1.165, 1.54) is 6.07 Å². The third-order valence-corrected chi connectivity index (χ3v) is 2.30. The van der Waals surface area contributed by atoms with Gasteiger partial charge in [-0.1, -0.05) is 23.8 Å². The van der Waals surface area contributed by atoms with Crippen LogP contribution in [-0.2, 0) is 0 Å². The summed E-state index contributed by atoms with van der Waals surface area (Å²) in [7, 11) is 0. The Balaban J connectivity index is 2.58. The highest BCUT2D eigenvalue weighted by atomic mass is 32.1. The monoisotopic (exact) mass is 220 g/mol. The number of H-pyrrole nitrogens is 1. The summed E-state index contributed by atoms with van der Waals surface area (Å²) in [6.07, 6.45) is 0. The summed E-state index contributed by atoms with van der Waals surface area (Å²) < 4.78 is 14.0. The molecule has 2 rings (SSSR count). The lowest BCUT2D eigenvalue weighted by Crippen LogP contribution is -1.91. The fourth-order valence-corrected chi connectivity index (χ4v) is 1.44. The average Bonchev–Trinajstić information content (AvgIpc) is 2.23. The van der Waals surface area contributed by atoms with Crippen molar-refractivity contribution in [2.75, 3.05) is 0 Å². The van der Waals surface area contributed by atoms with Crippen LogP contribution in [0.1, 0.15) is 5.56 Å². The maximum absolute atomic E-state index is 13.5. The van der Waals surface area contributed by atoms with Crippen molar-refractivity contribution < 1.29 is 4.39 Å². The first-order valence-electron chi connectivity index (χ1n) is 4.49. The fraction of sp³-hybridized carbons (Fsp3) is 0.0909. The molecule has 15 heavy (non-hydrogen) atoms. The molecule has 0 amide bonds. The molecule has 0 aliphatic heterocycles. The van der Waals surface area contributed by atoms with Gasteiger partial charge in [0.2, 0.25) is 0 Å². The first kappa shape index (κ1) is 9.98. The lowest BCUT2D eigenvalue weighted by molar-refractivity contribution is 0.630. The number of aromatic amines is 1. The SMILES string of the molecule is Cc1ccc(F)c(-c2ccc(=S)[nH]n2)c1. The minimum Gasteiger partial charge on any atom is -0.267 e. The first-order valence-corrected chi connectivity index (χ1v) is 4.90. The summed E-state index contributed by atoms with van der Waals surface area (Å²) in [6, 6.07) is 8.32. The molecule has 0 atom stereocenters. The first-order chi connectivity index (χ1) is 7.16. The number of aromatic nitrogens is 2. The van der Waals surface area contributed by atoms with Gasteiger partial charge in [-0.05, 0) is 31.2 Å². The van der Waals surface area contributed by atoms with Crippen molar-refractivity contribution in [1.82, 2.24) is 10.2 Å². The van der Waals surface area contributed by atoms with Gasteiger partial charge in [0.05, 0.1) is 5.69 Å². The van der Waals surface area contributed by atoms with Crippen molar-refractivity contribution >= 4 is 12.2 Å². The van der Waals surface area contributed by atoms with Gasteiger partial charge >= 0.3 is 0 Å². The van der Waals surface area contributed by atoms with Crippen LogP contribution in [0.15, 0.2) is 30.3 Å². The van der Waals surface area contributed by atoms with Crippen molar-refractivity contribution in [2.45, 2.75) is 6.92 Å². The molecule has 2 aromatic rings. The third-order valence-electron chi connectivity index (χ3n) is 2.08. The third kappa shape index (κ3) is 2.10. The van der Waals surface area contributed by atoms with Crippen molar-refractivity contribution in [3.05, 3.63) is 46.4 Å². The van der Waals surface area contributed by atoms with Gasteiger partial charge in [0.15, 0.2) is 0 Å². The van der Waals surface area contributed by atoms with Crippen LogP contribution < -0.4 is 0 Å². The van der Waals surface area contributed by atoms with Gasteiger partial charge in [-0.15, -0.1) is 0 Å². The van der Waals surface area contributed by atoms with E-state index >= 15 is 0 Å². The summed E-state index contributed by atoms with van der Waals surface area (Å²) in [5.74, 6) is -0.279. The van der Waals surface area contributed by atoms with Crippen LogP contribution in [0.4, 0.5) is 4.39 Å². The molecule has 1 heterocycles. The number of nitrogens with zero attached hydrogens (tertiary/aromatic N) is 1. The average molecular weight is 220 g/mol. The Bertz CT molecular complexity index is 528. The topological polar surface area (TPSA) is 28.7 Å². The minimum absolute atomic E-state index is 0.279. The van der Waals surface area contributed by atoms with Crippen molar-refractivity contribution in [2.24, 2.45) is 0 Å². The van der Waals surface area contributed by atoms with E-state index in [-0.39, 0.29) is 5.82 Å². The van der Waals surface area contributed by atoms with E-state index in [9.17, 15) is 4.39 Å². The van der Waals surface area contributed by atoms with Gasteiger partial charge in [-0.25, -0.2) is 4.39 Å². The predicted molar refractivity (Wildman–Crippen MR) is 59.6 cm³/mol. The number of benzene rings is 1. The van der Waals surface area contributed by atoms with E-state index in [4.69, 9.17) is 12.2 Å². The van der Waals surface area contributed by atoms with E-state index in [0.29, 0.717) is 15.9 Å². The molecule has 0 saturated heterocycles. The summed E-state index contributed by atoms with van der Waals surface area (Å²) >= 11 is 4.87. The molecule has 2 nitrogen and oxygen atoms in total. The second kappa shape index (κ2) is 3.90. The molecule has 0 fully saturated rings. The lowest BCUT2D eigenvalue weighted by Gasteiger charge is -2.02. The highest BCUT2D eigenvalue weighted by Gasteiger charge is 2.05. The Morgan fingerprint density at radius 3 is 2.73 bits per heavy atom. The standard InChI is InChI=1S/C11H9FN2S/c1-7-2-3-9(12)8(6-7)10-4-5-11(15)14-13-10/h2-6H,1H3,(H,14,15). The van der Waals surface area contributed by atoms with Crippen molar-refractivity contribution in [1.29, 1.82) is 0 Å². The Kier molecular flexibility index (Phi) is 2.60. The smallest absolute Gasteiger partial charge is 0.132 e. The number of hydrogen-bond donors (Lipinski definition) is 1. The predicted octanol–water partition coefficient (Wildman–Crippen LogP) is 3.25. The summed E-state index contributed by atoms with van der Waals surface area (Å²) in [5, 5.41) is 6.62. The van der Waals surface area contributed by atoms with Crippen LogP contribution in [0, 0.1) is 17.4 Å². The molecule has 1 aromatic heterocycles. The van der Waals surface area contributed by atoms with Crippen molar-refractivity contribution in [3.8, 4) is 11.3 Å². The highest BCUT2D eigenvalue weighted by Crippen LogP contribution is 2.20. The van der Waals surface area contributed by atoms with Gasteiger partial charge in [0.1, 0.15) is 10.5 Å². The molecular formula is C11H9FN2S. The molecule has 4 heteroatoms. The molecule has 0 bridgehead atoms. The van der Waals surface area contributed by atoms with Crippen LogP contribution in [0.5, 0.6) is 0 Å². The number of rotatable bonds is 1. The second-order valence-corrected chi connectivity index (χ2v) is 3.73. The Morgan fingerprint density at radius 1 is 1.27 bits per heavy atom. The van der Waals surface area contributed by atoms with Gasteiger partial charge in [0.25, 0.3) is 0 Å². The fourth-order valence-electron chi connectivity index (χ4n) is 1.33. The molecular weight excluding hydrogens is 211 g/mol.